The molecule has 96 valence electrons. The second-order valence-corrected chi connectivity index (χ2v) is 4.87. The van der Waals surface area contributed by atoms with E-state index in [4.69, 9.17) is 23.2 Å². The number of para-hydroxylation sites is 1. The van der Waals surface area contributed by atoms with Gasteiger partial charge in [0.05, 0.1) is 33.7 Å². The summed E-state index contributed by atoms with van der Waals surface area (Å²) in [5, 5.41) is 8.90. The largest absolute Gasteiger partial charge is 0.377 e. The highest BCUT2D eigenvalue weighted by atomic mass is 35.5. The van der Waals surface area contributed by atoms with Crippen LogP contribution in [0.4, 0.5) is 5.69 Å². The minimum absolute atomic E-state index is 0.625. The average molecular weight is 284 g/mol. The van der Waals surface area contributed by atoms with Crippen LogP contribution in [0.25, 0.3) is 0 Å². The van der Waals surface area contributed by atoms with Crippen LogP contribution >= 0.6 is 23.2 Å². The predicted molar refractivity (Wildman–Crippen MR) is 76.4 cm³/mol. The van der Waals surface area contributed by atoms with Crippen LogP contribution in [0.3, 0.4) is 0 Å². The van der Waals surface area contributed by atoms with Crippen molar-refractivity contribution in [1.82, 2.24) is 9.78 Å². The van der Waals surface area contributed by atoms with Gasteiger partial charge in [0.15, 0.2) is 0 Å². The maximum Gasteiger partial charge on any atom is 0.0722 e. The Kier molecular flexibility index (Phi) is 4.15. The highest BCUT2D eigenvalue weighted by Gasteiger charge is 2.07. The Bertz CT molecular complexity index is 529. The molecule has 0 saturated carbocycles. The van der Waals surface area contributed by atoms with Gasteiger partial charge < -0.3 is 5.32 Å². The fourth-order valence-electron chi connectivity index (χ4n) is 1.76. The SMILES string of the molecule is CCc1cc(CNc2c(Cl)cccc2Cl)n(C)n1. The summed E-state index contributed by atoms with van der Waals surface area (Å²) >= 11 is 12.2. The molecule has 1 heterocycles. The van der Waals surface area contributed by atoms with Gasteiger partial charge in [-0.05, 0) is 24.6 Å². The number of hydrogen-bond donors (Lipinski definition) is 1. The first-order valence-corrected chi connectivity index (χ1v) is 6.57. The van der Waals surface area contributed by atoms with E-state index >= 15 is 0 Å². The average Bonchev–Trinajstić information content (AvgIpc) is 2.70. The summed E-state index contributed by atoms with van der Waals surface area (Å²) in [6.07, 6.45) is 0.931. The van der Waals surface area contributed by atoms with E-state index in [-0.39, 0.29) is 0 Å². The van der Waals surface area contributed by atoms with Crippen molar-refractivity contribution >= 4 is 28.9 Å². The zero-order valence-corrected chi connectivity index (χ0v) is 11.9. The smallest absolute Gasteiger partial charge is 0.0722 e. The second-order valence-electron chi connectivity index (χ2n) is 4.05. The van der Waals surface area contributed by atoms with Crippen LogP contribution in [0.2, 0.25) is 10.0 Å². The van der Waals surface area contributed by atoms with Gasteiger partial charge in [-0.3, -0.25) is 4.68 Å². The minimum atomic E-state index is 0.625. The number of nitrogens with zero attached hydrogens (tertiary/aromatic N) is 2. The molecular weight excluding hydrogens is 269 g/mol. The van der Waals surface area contributed by atoms with Crippen LogP contribution in [0.1, 0.15) is 18.3 Å². The molecule has 0 unspecified atom stereocenters. The van der Waals surface area contributed by atoms with Crippen molar-refractivity contribution in [2.24, 2.45) is 7.05 Å². The Hall–Kier alpha value is -1.19. The van der Waals surface area contributed by atoms with E-state index < -0.39 is 0 Å². The van der Waals surface area contributed by atoms with Gasteiger partial charge >= 0.3 is 0 Å². The summed E-state index contributed by atoms with van der Waals surface area (Å²) in [7, 11) is 1.93. The van der Waals surface area contributed by atoms with E-state index in [2.05, 4.69) is 23.4 Å². The quantitative estimate of drug-likeness (QED) is 0.922. The molecule has 1 aromatic carbocycles. The maximum atomic E-state index is 6.10. The zero-order valence-electron chi connectivity index (χ0n) is 10.4. The molecule has 18 heavy (non-hydrogen) atoms. The number of rotatable bonds is 4. The third-order valence-electron chi connectivity index (χ3n) is 2.80. The molecule has 0 radical (unpaired) electrons. The lowest BCUT2D eigenvalue weighted by atomic mass is 10.3. The summed E-state index contributed by atoms with van der Waals surface area (Å²) in [6, 6.07) is 7.54. The molecule has 2 aromatic rings. The number of nitrogens with one attached hydrogen (secondary N) is 1. The Morgan fingerprint density at radius 1 is 1.28 bits per heavy atom. The van der Waals surface area contributed by atoms with Crippen LogP contribution in [-0.4, -0.2) is 9.78 Å². The number of halogens is 2. The molecule has 1 N–H and O–H groups in total. The topological polar surface area (TPSA) is 29.9 Å². The molecule has 0 spiro atoms. The molecule has 0 bridgehead atoms. The Morgan fingerprint density at radius 3 is 2.50 bits per heavy atom. The van der Waals surface area contributed by atoms with Crippen molar-refractivity contribution < 1.29 is 0 Å². The number of benzene rings is 1. The Morgan fingerprint density at radius 2 is 1.94 bits per heavy atom. The van der Waals surface area contributed by atoms with Crippen LogP contribution in [0, 0.1) is 0 Å². The Balaban J connectivity index is 2.14. The summed E-state index contributed by atoms with van der Waals surface area (Å²) < 4.78 is 1.87. The number of aromatic nitrogens is 2. The molecule has 0 fully saturated rings. The molecular formula is C13H15Cl2N3. The second kappa shape index (κ2) is 5.63. The molecule has 0 atom stereocenters. The van der Waals surface area contributed by atoms with Crippen molar-refractivity contribution in [3.63, 3.8) is 0 Å². The normalized spacial score (nSPS) is 10.7. The van der Waals surface area contributed by atoms with Crippen LogP contribution in [0.5, 0.6) is 0 Å². The summed E-state index contributed by atoms with van der Waals surface area (Å²) in [4.78, 5) is 0. The van der Waals surface area contributed by atoms with E-state index in [0.717, 1.165) is 23.5 Å². The molecule has 0 aliphatic carbocycles. The van der Waals surface area contributed by atoms with E-state index in [1.54, 1.807) is 0 Å². The van der Waals surface area contributed by atoms with Gasteiger partial charge in [-0.25, -0.2) is 0 Å². The standard InChI is InChI=1S/C13H15Cl2N3/c1-3-9-7-10(18(2)17-9)8-16-13-11(14)5-4-6-12(13)15/h4-7,16H,3,8H2,1-2H3. The molecule has 1 aromatic heterocycles. The number of hydrogen-bond acceptors (Lipinski definition) is 2. The monoisotopic (exact) mass is 283 g/mol. The Labute approximate surface area is 117 Å². The zero-order chi connectivity index (χ0) is 13.1. The van der Waals surface area contributed by atoms with Crippen molar-refractivity contribution in [3.05, 3.63) is 45.7 Å². The van der Waals surface area contributed by atoms with Crippen molar-refractivity contribution in [3.8, 4) is 0 Å². The summed E-state index contributed by atoms with van der Waals surface area (Å²) in [5.41, 5.74) is 2.95. The van der Waals surface area contributed by atoms with Crippen LogP contribution < -0.4 is 5.32 Å². The van der Waals surface area contributed by atoms with Crippen LogP contribution in [0.15, 0.2) is 24.3 Å². The van der Waals surface area contributed by atoms with Crippen molar-refractivity contribution in [2.45, 2.75) is 19.9 Å². The van der Waals surface area contributed by atoms with Gasteiger partial charge in [-0.15, -0.1) is 0 Å². The summed E-state index contributed by atoms with van der Waals surface area (Å²) in [5.74, 6) is 0. The van der Waals surface area contributed by atoms with E-state index in [1.807, 2.05) is 29.9 Å². The molecule has 0 saturated heterocycles. The lowest BCUT2D eigenvalue weighted by molar-refractivity contribution is 0.707. The van der Waals surface area contributed by atoms with Gasteiger partial charge in [0, 0.05) is 7.05 Å². The molecule has 0 aliphatic rings. The van der Waals surface area contributed by atoms with Gasteiger partial charge in [0.25, 0.3) is 0 Å². The molecule has 5 heteroatoms. The van der Waals surface area contributed by atoms with Crippen molar-refractivity contribution in [1.29, 1.82) is 0 Å². The van der Waals surface area contributed by atoms with Gasteiger partial charge in [0.2, 0.25) is 0 Å². The molecule has 0 aliphatic heterocycles. The third-order valence-corrected chi connectivity index (χ3v) is 3.43. The molecule has 0 amide bonds. The van der Waals surface area contributed by atoms with Gasteiger partial charge in [-0.1, -0.05) is 36.2 Å². The van der Waals surface area contributed by atoms with Crippen LogP contribution in [-0.2, 0) is 20.0 Å². The first-order chi connectivity index (χ1) is 8.61. The molecule has 2 rings (SSSR count). The fourth-order valence-corrected chi connectivity index (χ4v) is 2.29. The lowest BCUT2D eigenvalue weighted by Crippen LogP contribution is -2.06. The van der Waals surface area contributed by atoms with Gasteiger partial charge in [-0.2, -0.15) is 5.10 Å². The lowest BCUT2D eigenvalue weighted by Gasteiger charge is -2.10. The van der Waals surface area contributed by atoms with Gasteiger partial charge in [0.1, 0.15) is 0 Å². The highest BCUT2D eigenvalue weighted by Crippen LogP contribution is 2.30. The van der Waals surface area contributed by atoms with Crippen molar-refractivity contribution in [2.75, 3.05) is 5.32 Å². The summed E-state index contributed by atoms with van der Waals surface area (Å²) in [6.45, 7) is 2.73. The first-order valence-electron chi connectivity index (χ1n) is 5.81. The van der Waals surface area contributed by atoms with E-state index in [9.17, 15) is 0 Å². The molecule has 3 nitrogen and oxygen atoms in total. The third kappa shape index (κ3) is 2.79. The predicted octanol–water partition coefficient (Wildman–Crippen LogP) is 3.90. The first kappa shape index (κ1) is 13.2. The minimum Gasteiger partial charge on any atom is -0.377 e. The highest BCUT2D eigenvalue weighted by molar-refractivity contribution is 6.39. The number of anilines is 1. The maximum absolute atomic E-state index is 6.10. The van der Waals surface area contributed by atoms with E-state index in [0.29, 0.717) is 16.6 Å². The number of aryl methyl sites for hydroxylation is 2. The fraction of sp³-hybridized carbons (Fsp3) is 0.308. The van der Waals surface area contributed by atoms with E-state index in [1.165, 1.54) is 0 Å².